The predicted octanol–water partition coefficient (Wildman–Crippen LogP) is 4.86. The Labute approximate surface area is 157 Å². The number of nitrogens with zero attached hydrogens (tertiary/aromatic N) is 2. The van der Waals surface area contributed by atoms with E-state index in [1.165, 1.54) is 0 Å². The molecule has 0 spiro atoms. The van der Waals surface area contributed by atoms with Crippen molar-refractivity contribution in [3.63, 3.8) is 0 Å². The van der Waals surface area contributed by atoms with Crippen LogP contribution in [0.5, 0.6) is 0 Å². The zero-order valence-corrected chi connectivity index (χ0v) is 14.9. The molecule has 0 radical (unpaired) electrons. The average molecular weight is 364 g/mol. The highest BCUT2D eigenvalue weighted by Crippen LogP contribution is 2.45. The molecule has 1 aromatic heterocycles. The molecule has 4 nitrogen and oxygen atoms in total. The fraction of sp³-hybridized carbons (Fsp3) is 0.190. The predicted molar refractivity (Wildman–Crippen MR) is 103 cm³/mol. The molecule has 130 valence electrons. The molecule has 2 aromatic carbocycles. The first-order chi connectivity index (χ1) is 12.7. The highest BCUT2D eigenvalue weighted by molar-refractivity contribution is 6.30. The number of hydrogen-bond acceptors (Lipinski definition) is 3. The molecule has 1 heterocycles. The molecular weight excluding hydrogens is 346 g/mol. The molecule has 5 heteroatoms. The Morgan fingerprint density at radius 1 is 0.962 bits per heavy atom. The molecule has 1 N–H and O–H groups in total. The van der Waals surface area contributed by atoms with Crippen LogP contribution >= 0.6 is 11.6 Å². The minimum Gasteiger partial charge on any atom is -0.308 e. The summed E-state index contributed by atoms with van der Waals surface area (Å²) in [6.45, 7) is 0. The van der Waals surface area contributed by atoms with E-state index in [1.54, 1.807) is 6.07 Å². The summed E-state index contributed by atoms with van der Waals surface area (Å²) in [5.74, 6) is 0.413. The zero-order chi connectivity index (χ0) is 18.0. The van der Waals surface area contributed by atoms with E-state index < -0.39 is 5.41 Å². The average Bonchev–Trinajstić information content (AvgIpc) is 2.62. The van der Waals surface area contributed by atoms with Gasteiger partial charge in [0.25, 0.3) is 0 Å². The van der Waals surface area contributed by atoms with Crippen molar-refractivity contribution < 1.29 is 4.79 Å². The Morgan fingerprint density at radius 2 is 1.77 bits per heavy atom. The third-order valence-corrected chi connectivity index (χ3v) is 5.23. The lowest BCUT2D eigenvalue weighted by molar-refractivity contribution is -0.124. The van der Waals surface area contributed by atoms with Gasteiger partial charge < -0.3 is 5.32 Å². The van der Waals surface area contributed by atoms with E-state index in [2.05, 4.69) is 15.5 Å². The second-order valence-electron chi connectivity index (χ2n) is 6.57. The van der Waals surface area contributed by atoms with Crippen molar-refractivity contribution in [1.82, 2.24) is 10.2 Å². The van der Waals surface area contributed by atoms with Gasteiger partial charge in [0, 0.05) is 10.6 Å². The van der Waals surface area contributed by atoms with Crippen molar-refractivity contribution in [1.29, 1.82) is 0 Å². The fourth-order valence-electron chi connectivity index (χ4n) is 3.36. The van der Waals surface area contributed by atoms with Crippen molar-refractivity contribution in [2.24, 2.45) is 0 Å². The summed E-state index contributed by atoms with van der Waals surface area (Å²) in [7, 11) is 0. The molecular formula is C21H18ClN3O. The number of carbonyl (C=O) groups is 1. The highest BCUT2D eigenvalue weighted by atomic mass is 35.5. The topological polar surface area (TPSA) is 54.9 Å². The highest BCUT2D eigenvalue weighted by Gasteiger charge is 2.45. The molecule has 1 aliphatic rings. The van der Waals surface area contributed by atoms with Crippen molar-refractivity contribution in [3.05, 3.63) is 77.3 Å². The number of rotatable bonds is 4. The largest absolute Gasteiger partial charge is 0.308 e. The maximum atomic E-state index is 13.0. The normalized spacial score (nSPS) is 15.1. The minimum absolute atomic E-state index is 0.0484. The van der Waals surface area contributed by atoms with Crippen LogP contribution < -0.4 is 5.32 Å². The minimum atomic E-state index is -0.523. The number of halogens is 1. The van der Waals surface area contributed by atoms with Crippen molar-refractivity contribution in [3.8, 4) is 11.3 Å². The summed E-state index contributed by atoms with van der Waals surface area (Å²) in [4.78, 5) is 13.0. The zero-order valence-electron chi connectivity index (χ0n) is 14.2. The van der Waals surface area contributed by atoms with Crippen LogP contribution in [0.3, 0.4) is 0 Å². The van der Waals surface area contributed by atoms with E-state index in [0.717, 1.165) is 36.1 Å². The summed E-state index contributed by atoms with van der Waals surface area (Å²) in [5.41, 5.74) is 2.21. The van der Waals surface area contributed by atoms with Gasteiger partial charge in [0.2, 0.25) is 5.91 Å². The van der Waals surface area contributed by atoms with Gasteiger partial charge in [0.15, 0.2) is 5.82 Å². The third kappa shape index (κ3) is 3.08. The van der Waals surface area contributed by atoms with Gasteiger partial charge in [0.1, 0.15) is 0 Å². The Balaban J connectivity index is 1.54. The Kier molecular flexibility index (Phi) is 4.43. The second-order valence-corrected chi connectivity index (χ2v) is 7.01. The summed E-state index contributed by atoms with van der Waals surface area (Å²) in [5, 5.41) is 12.0. The van der Waals surface area contributed by atoms with Gasteiger partial charge in [-0.25, -0.2) is 0 Å². The quantitative estimate of drug-likeness (QED) is 0.720. The molecule has 0 unspecified atom stereocenters. The van der Waals surface area contributed by atoms with Crippen LogP contribution in [0, 0.1) is 0 Å². The third-order valence-electron chi connectivity index (χ3n) is 4.99. The number of benzene rings is 2. The van der Waals surface area contributed by atoms with Gasteiger partial charge in [-0.3, -0.25) is 4.79 Å². The Hall–Kier alpha value is -2.72. The molecule has 26 heavy (non-hydrogen) atoms. The smallest absolute Gasteiger partial charge is 0.236 e. The van der Waals surface area contributed by atoms with E-state index >= 15 is 0 Å². The number of carbonyl (C=O) groups excluding carboxylic acids is 1. The molecule has 0 aliphatic heterocycles. The van der Waals surface area contributed by atoms with E-state index in [-0.39, 0.29) is 5.91 Å². The maximum Gasteiger partial charge on any atom is 0.236 e. The number of aromatic nitrogens is 2. The van der Waals surface area contributed by atoms with Gasteiger partial charge in [0.05, 0.1) is 11.1 Å². The molecule has 4 rings (SSSR count). The summed E-state index contributed by atoms with van der Waals surface area (Å²) in [6, 6.07) is 21.0. The molecule has 1 amide bonds. The van der Waals surface area contributed by atoms with Crippen LogP contribution in [0.15, 0.2) is 66.7 Å². The molecule has 1 fully saturated rings. The lowest BCUT2D eigenvalue weighted by Crippen LogP contribution is -2.46. The molecule has 1 saturated carbocycles. The van der Waals surface area contributed by atoms with E-state index in [0.29, 0.717) is 10.8 Å². The SMILES string of the molecule is O=C(Nc1ccc(-c2ccccc2)nn1)C1(c2cccc(Cl)c2)CCC1. The van der Waals surface area contributed by atoms with Crippen LogP contribution in [-0.4, -0.2) is 16.1 Å². The molecule has 3 aromatic rings. The molecule has 0 bridgehead atoms. The summed E-state index contributed by atoms with van der Waals surface area (Å²) >= 11 is 6.12. The van der Waals surface area contributed by atoms with Gasteiger partial charge in [-0.05, 0) is 42.7 Å². The number of hydrogen-bond donors (Lipinski definition) is 1. The standard InChI is InChI=1S/C21H18ClN3O/c22-17-9-4-8-16(14-17)21(12-5-13-21)20(26)23-19-11-10-18(24-25-19)15-6-2-1-3-7-15/h1-4,6-11,14H,5,12-13H2,(H,23,25,26). The first-order valence-electron chi connectivity index (χ1n) is 8.64. The number of anilines is 1. The number of amides is 1. The fourth-order valence-corrected chi connectivity index (χ4v) is 3.55. The first kappa shape index (κ1) is 16.7. The first-order valence-corrected chi connectivity index (χ1v) is 9.02. The van der Waals surface area contributed by atoms with Gasteiger partial charge in [-0.15, -0.1) is 10.2 Å². The van der Waals surface area contributed by atoms with Crippen LogP contribution in [0.4, 0.5) is 5.82 Å². The molecule has 0 atom stereocenters. The maximum absolute atomic E-state index is 13.0. The van der Waals surface area contributed by atoms with Crippen LogP contribution in [-0.2, 0) is 10.2 Å². The summed E-state index contributed by atoms with van der Waals surface area (Å²) < 4.78 is 0. The van der Waals surface area contributed by atoms with E-state index in [9.17, 15) is 4.79 Å². The van der Waals surface area contributed by atoms with Gasteiger partial charge in [-0.2, -0.15) is 0 Å². The lowest BCUT2D eigenvalue weighted by atomic mass is 9.64. The monoisotopic (exact) mass is 363 g/mol. The summed E-state index contributed by atoms with van der Waals surface area (Å²) in [6.07, 6.45) is 2.65. The molecule has 0 saturated heterocycles. The van der Waals surface area contributed by atoms with Crippen molar-refractivity contribution in [2.45, 2.75) is 24.7 Å². The molecule has 1 aliphatic carbocycles. The van der Waals surface area contributed by atoms with Gasteiger partial charge in [-0.1, -0.05) is 60.5 Å². The van der Waals surface area contributed by atoms with E-state index in [4.69, 9.17) is 11.6 Å². The van der Waals surface area contributed by atoms with E-state index in [1.807, 2.05) is 60.7 Å². The Bertz CT molecular complexity index is 922. The number of nitrogens with one attached hydrogen (secondary N) is 1. The second kappa shape index (κ2) is 6.89. The van der Waals surface area contributed by atoms with Crippen LogP contribution in [0.25, 0.3) is 11.3 Å². The van der Waals surface area contributed by atoms with Crippen LogP contribution in [0.1, 0.15) is 24.8 Å². The Morgan fingerprint density at radius 3 is 2.38 bits per heavy atom. The van der Waals surface area contributed by atoms with Crippen molar-refractivity contribution >= 4 is 23.3 Å². The van der Waals surface area contributed by atoms with Gasteiger partial charge >= 0.3 is 0 Å². The van der Waals surface area contributed by atoms with Crippen LogP contribution in [0.2, 0.25) is 5.02 Å². The van der Waals surface area contributed by atoms with Crippen molar-refractivity contribution in [2.75, 3.05) is 5.32 Å². The lowest BCUT2D eigenvalue weighted by Gasteiger charge is -2.40.